The summed E-state index contributed by atoms with van der Waals surface area (Å²) in [7, 11) is 0. The minimum Gasteiger partial charge on any atom is -0.337 e. The third-order valence-corrected chi connectivity index (χ3v) is 5.11. The van der Waals surface area contributed by atoms with Crippen LogP contribution in [0.3, 0.4) is 0 Å². The van der Waals surface area contributed by atoms with Crippen LogP contribution in [-0.4, -0.2) is 34.1 Å². The molecule has 1 atom stereocenters. The van der Waals surface area contributed by atoms with Crippen LogP contribution >= 0.6 is 0 Å². The molecular formula is C22H23N3O. The summed E-state index contributed by atoms with van der Waals surface area (Å²) in [5.41, 5.74) is 3.71. The Kier molecular flexibility index (Phi) is 4.82. The average Bonchev–Trinajstić information content (AvgIpc) is 3.07. The first-order valence-electron chi connectivity index (χ1n) is 9.26. The molecule has 132 valence electrons. The van der Waals surface area contributed by atoms with E-state index in [0.717, 1.165) is 43.6 Å². The van der Waals surface area contributed by atoms with Crippen LogP contribution in [0.4, 0.5) is 0 Å². The van der Waals surface area contributed by atoms with Crippen molar-refractivity contribution < 1.29 is 4.79 Å². The predicted molar refractivity (Wildman–Crippen MR) is 103 cm³/mol. The molecule has 0 spiro atoms. The van der Waals surface area contributed by atoms with Gasteiger partial charge in [0.2, 0.25) is 0 Å². The Hall–Kier alpha value is -2.88. The molecule has 0 saturated carbocycles. The van der Waals surface area contributed by atoms with Gasteiger partial charge in [0.1, 0.15) is 5.69 Å². The number of carbonyl (C=O) groups is 1. The SMILES string of the molecule is O=C(c1cc(-c2ccccc2)n[nH]1)N1CCCCC(c2ccccc2)C1. The summed E-state index contributed by atoms with van der Waals surface area (Å²) >= 11 is 0. The number of H-pyrrole nitrogens is 1. The maximum Gasteiger partial charge on any atom is 0.271 e. The Balaban J connectivity index is 1.53. The lowest BCUT2D eigenvalue weighted by atomic mass is 9.94. The van der Waals surface area contributed by atoms with Crippen molar-refractivity contribution in [1.82, 2.24) is 15.1 Å². The molecule has 1 fully saturated rings. The van der Waals surface area contributed by atoms with Crippen LogP contribution in [0.1, 0.15) is 41.2 Å². The number of likely N-dealkylation sites (tertiary alicyclic amines) is 1. The number of amides is 1. The van der Waals surface area contributed by atoms with Gasteiger partial charge < -0.3 is 4.90 Å². The molecule has 3 aromatic rings. The number of aromatic amines is 1. The van der Waals surface area contributed by atoms with E-state index in [2.05, 4.69) is 34.5 Å². The van der Waals surface area contributed by atoms with E-state index >= 15 is 0 Å². The molecule has 1 aliphatic rings. The Morgan fingerprint density at radius 2 is 1.73 bits per heavy atom. The van der Waals surface area contributed by atoms with E-state index in [1.165, 1.54) is 5.56 Å². The van der Waals surface area contributed by atoms with Crippen LogP contribution in [0.5, 0.6) is 0 Å². The van der Waals surface area contributed by atoms with Crippen molar-refractivity contribution >= 4 is 5.91 Å². The predicted octanol–water partition coefficient (Wildman–Crippen LogP) is 4.49. The van der Waals surface area contributed by atoms with Crippen molar-refractivity contribution in [2.75, 3.05) is 13.1 Å². The molecule has 1 saturated heterocycles. The Bertz CT molecular complexity index is 857. The van der Waals surface area contributed by atoms with E-state index in [9.17, 15) is 4.79 Å². The maximum absolute atomic E-state index is 13.0. The smallest absolute Gasteiger partial charge is 0.271 e. The molecule has 0 aliphatic carbocycles. The third kappa shape index (κ3) is 3.54. The van der Waals surface area contributed by atoms with Gasteiger partial charge in [-0.25, -0.2) is 0 Å². The van der Waals surface area contributed by atoms with E-state index in [0.29, 0.717) is 11.6 Å². The summed E-state index contributed by atoms with van der Waals surface area (Å²) < 4.78 is 0. The summed E-state index contributed by atoms with van der Waals surface area (Å²) in [6, 6.07) is 22.3. The van der Waals surface area contributed by atoms with E-state index < -0.39 is 0 Å². The summed E-state index contributed by atoms with van der Waals surface area (Å²) in [6.45, 7) is 1.57. The van der Waals surface area contributed by atoms with Gasteiger partial charge in [-0.15, -0.1) is 0 Å². The zero-order valence-electron chi connectivity index (χ0n) is 14.8. The van der Waals surface area contributed by atoms with Crippen LogP contribution in [0, 0.1) is 0 Å². The summed E-state index contributed by atoms with van der Waals surface area (Å²) in [5, 5.41) is 7.27. The van der Waals surface area contributed by atoms with Gasteiger partial charge in [0.15, 0.2) is 0 Å². The molecule has 4 heteroatoms. The summed E-state index contributed by atoms with van der Waals surface area (Å²) in [6.07, 6.45) is 3.34. The molecule has 0 bridgehead atoms. The van der Waals surface area contributed by atoms with E-state index in [1.807, 2.05) is 47.4 Å². The lowest BCUT2D eigenvalue weighted by Crippen LogP contribution is -2.34. The Morgan fingerprint density at radius 1 is 1.00 bits per heavy atom. The minimum absolute atomic E-state index is 0.0440. The van der Waals surface area contributed by atoms with Crippen molar-refractivity contribution in [2.45, 2.75) is 25.2 Å². The molecule has 1 aliphatic heterocycles. The lowest BCUT2D eigenvalue weighted by Gasteiger charge is -2.24. The van der Waals surface area contributed by atoms with Crippen molar-refractivity contribution in [2.24, 2.45) is 0 Å². The van der Waals surface area contributed by atoms with Gasteiger partial charge in [0, 0.05) is 24.6 Å². The van der Waals surface area contributed by atoms with Gasteiger partial charge in [0.25, 0.3) is 5.91 Å². The van der Waals surface area contributed by atoms with Crippen LogP contribution < -0.4 is 0 Å². The number of aromatic nitrogens is 2. The van der Waals surface area contributed by atoms with Crippen LogP contribution in [0.15, 0.2) is 66.7 Å². The topological polar surface area (TPSA) is 49.0 Å². The molecule has 2 aromatic carbocycles. The molecule has 1 unspecified atom stereocenters. The van der Waals surface area contributed by atoms with Gasteiger partial charge in [-0.1, -0.05) is 67.1 Å². The summed E-state index contributed by atoms with van der Waals surface area (Å²) in [5.74, 6) is 0.446. The molecule has 4 nitrogen and oxygen atoms in total. The molecule has 1 aromatic heterocycles. The van der Waals surface area contributed by atoms with Crippen LogP contribution in [-0.2, 0) is 0 Å². The standard InChI is InChI=1S/C22H23N3O/c26-22(21-15-20(23-24-21)18-11-5-2-6-12-18)25-14-8-7-13-19(16-25)17-9-3-1-4-10-17/h1-6,9-12,15,19H,7-8,13-14,16H2,(H,23,24). The number of hydrogen-bond acceptors (Lipinski definition) is 2. The first kappa shape index (κ1) is 16.6. The van der Waals surface area contributed by atoms with Crippen molar-refractivity contribution in [3.8, 4) is 11.3 Å². The largest absolute Gasteiger partial charge is 0.337 e. The second-order valence-electron chi connectivity index (χ2n) is 6.89. The number of nitrogens with zero attached hydrogens (tertiary/aromatic N) is 2. The lowest BCUT2D eigenvalue weighted by molar-refractivity contribution is 0.0748. The maximum atomic E-state index is 13.0. The number of nitrogens with one attached hydrogen (secondary N) is 1. The van der Waals surface area contributed by atoms with Gasteiger partial charge in [-0.2, -0.15) is 5.10 Å². The molecular weight excluding hydrogens is 322 g/mol. The van der Waals surface area contributed by atoms with E-state index in [4.69, 9.17) is 0 Å². The van der Waals surface area contributed by atoms with Crippen molar-refractivity contribution in [3.05, 3.63) is 78.0 Å². The van der Waals surface area contributed by atoms with Gasteiger partial charge >= 0.3 is 0 Å². The average molecular weight is 345 g/mol. The number of benzene rings is 2. The highest BCUT2D eigenvalue weighted by molar-refractivity contribution is 5.93. The van der Waals surface area contributed by atoms with Crippen LogP contribution in [0.25, 0.3) is 11.3 Å². The zero-order valence-corrected chi connectivity index (χ0v) is 14.8. The first-order chi connectivity index (χ1) is 12.8. The number of rotatable bonds is 3. The highest BCUT2D eigenvalue weighted by Gasteiger charge is 2.25. The second kappa shape index (κ2) is 7.56. The Morgan fingerprint density at radius 3 is 2.50 bits per heavy atom. The molecule has 1 amide bonds. The quantitative estimate of drug-likeness (QED) is 0.760. The van der Waals surface area contributed by atoms with E-state index in [1.54, 1.807) is 0 Å². The molecule has 2 heterocycles. The highest BCUT2D eigenvalue weighted by atomic mass is 16.2. The fourth-order valence-electron chi connectivity index (χ4n) is 3.68. The number of hydrogen-bond donors (Lipinski definition) is 1. The van der Waals surface area contributed by atoms with Crippen molar-refractivity contribution in [1.29, 1.82) is 0 Å². The van der Waals surface area contributed by atoms with E-state index in [-0.39, 0.29) is 5.91 Å². The van der Waals surface area contributed by atoms with Crippen LogP contribution in [0.2, 0.25) is 0 Å². The first-order valence-corrected chi connectivity index (χ1v) is 9.26. The summed E-state index contributed by atoms with van der Waals surface area (Å²) in [4.78, 5) is 15.0. The minimum atomic E-state index is 0.0440. The van der Waals surface area contributed by atoms with Crippen molar-refractivity contribution in [3.63, 3.8) is 0 Å². The van der Waals surface area contributed by atoms with Gasteiger partial charge in [-0.05, 0) is 24.5 Å². The normalized spacial score (nSPS) is 17.7. The second-order valence-corrected chi connectivity index (χ2v) is 6.89. The molecule has 26 heavy (non-hydrogen) atoms. The molecule has 1 N–H and O–H groups in total. The Labute approximate surface area is 153 Å². The molecule has 4 rings (SSSR count). The third-order valence-electron chi connectivity index (χ3n) is 5.11. The fourth-order valence-corrected chi connectivity index (χ4v) is 3.68. The monoisotopic (exact) mass is 345 g/mol. The highest BCUT2D eigenvalue weighted by Crippen LogP contribution is 2.27. The number of carbonyl (C=O) groups excluding carboxylic acids is 1. The van der Waals surface area contributed by atoms with Gasteiger partial charge in [-0.3, -0.25) is 9.89 Å². The van der Waals surface area contributed by atoms with Gasteiger partial charge in [0.05, 0.1) is 5.69 Å². The fraction of sp³-hybridized carbons (Fsp3) is 0.273. The zero-order chi connectivity index (χ0) is 17.8. The molecule has 0 radical (unpaired) electrons.